The van der Waals surface area contributed by atoms with E-state index >= 15 is 0 Å². The summed E-state index contributed by atoms with van der Waals surface area (Å²) in [6.07, 6.45) is 11.8. The van der Waals surface area contributed by atoms with Gasteiger partial charge in [0.15, 0.2) is 0 Å². The second kappa shape index (κ2) is 12.5. The van der Waals surface area contributed by atoms with E-state index in [1.165, 1.54) is 42.6 Å². The van der Waals surface area contributed by atoms with Gasteiger partial charge in [-0.1, -0.05) is 58.8 Å². The summed E-state index contributed by atoms with van der Waals surface area (Å²) in [4.78, 5) is 20.0. The van der Waals surface area contributed by atoms with Crippen LogP contribution in [-0.4, -0.2) is 41.5 Å². The number of carbonyl (C=O) groups excluding carboxylic acids is 1. The summed E-state index contributed by atoms with van der Waals surface area (Å²) in [5, 5.41) is 4.36. The van der Waals surface area contributed by atoms with Gasteiger partial charge in [0.25, 0.3) is 0 Å². The number of hydrogen-bond donors (Lipinski definition) is 1. The van der Waals surface area contributed by atoms with E-state index < -0.39 is 0 Å². The van der Waals surface area contributed by atoms with Crippen LogP contribution in [0, 0.1) is 5.92 Å². The van der Waals surface area contributed by atoms with E-state index in [9.17, 15) is 4.79 Å². The number of fused-ring (bicyclic) bond motifs is 1. The van der Waals surface area contributed by atoms with Crippen LogP contribution >= 0.6 is 11.3 Å². The molecule has 1 aromatic heterocycles. The second-order valence-electron chi connectivity index (χ2n) is 9.62. The average molecular weight is 456 g/mol. The van der Waals surface area contributed by atoms with Crippen molar-refractivity contribution in [2.75, 3.05) is 19.6 Å². The third-order valence-corrected chi connectivity index (χ3v) is 7.81. The minimum Gasteiger partial charge on any atom is -0.353 e. The lowest BCUT2D eigenvalue weighted by Gasteiger charge is -2.25. The number of aryl methyl sites for hydroxylation is 1. The lowest BCUT2D eigenvalue weighted by Crippen LogP contribution is -2.39. The monoisotopic (exact) mass is 455 g/mol. The molecular weight excluding hydrogens is 414 g/mol. The van der Waals surface area contributed by atoms with Crippen molar-refractivity contribution in [3.8, 4) is 0 Å². The lowest BCUT2D eigenvalue weighted by molar-refractivity contribution is -0.122. The van der Waals surface area contributed by atoms with Crippen molar-refractivity contribution < 1.29 is 4.79 Å². The van der Waals surface area contributed by atoms with Crippen LogP contribution in [-0.2, 0) is 11.2 Å². The highest BCUT2D eigenvalue weighted by atomic mass is 32.1. The zero-order valence-electron chi connectivity index (χ0n) is 20.4. The Morgan fingerprint density at radius 2 is 1.97 bits per heavy atom. The molecular formula is C27H41N3OS. The Balaban J connectivity index is 1.49. The van der Waals surface area contributed by atoms with Crippen molar-refractivity contribution in [3.63, 3.8) is 0 Å². The zero-order chi connectivity index (χ0) is 22.9. The van der Waals surface area contributed by atoms with E-state index in [0.29, 0.717) is 24.7 Å². The highest BCUT2D eigenvalue weighted by molar-refractivity contribution is 7.18. The summed E-state index contributed by atoms with van der Waals surface area (Å²) in [6, 6.07) is 6.73. The summed E-state index contributed by atoms with van der Waals surface area (Å²) in [5.41, 5.74) is 2.39. The van der Waals surface area contributed by atoms with Crippen LogP contribution in [0.1, 0.15) is 82.7 Å². The predicted molar refractivity (Wildman–Crippen MR) is 137 cm³/mol. The van der Waals surface area contributed by atoms with Gasteiger partial charge in [-0.3, -0.25) is 9.69 Å². The first-order valence-electron chi connectivity index (χ1n) is 12.5. The van der Waals surface area contributed by atoms with Gasteiger partial charge in [-0.25, -0.2) is 4.98 Å². The Kier molecular flexibility index (Phi) is 9.73. The highest BCUT2D eigenvalue weighted by Gasteiger charge is 2.18. The van der Waals surface area contributed by atoms with Gasteiger partial charge in [-0.05, 0) is 61.9 Å². The maximum absolute atomic E-state index is 12.7. The fraction of sp³-hybridized carbons (Fsp3) is 0.630. The molecule has 2 aromatic rings. The molecule has 1 fully saturated rings. The molecule has 2 atom stereocenters. The van der Waals surface area contributed by atoms with Crippen LogP contribution in [0.15, 0.2) is 30.4 Å². The van der Waals surface area contributed by atoms with Crippen molar-refractivity contribution in [1.29, 1.82) is 0 Å². The van der Waals surface area contributed by atoms with E-state index in [1.54, 1.807) is 11.3 Å². The van der Waals surface area contributed by atoms with Crippen LogP contribution in [0.2, 0.25) is 0 Å². The Labute approximate surface area is 198 Å². The normalized spacial score (nSPS) is 17.3. The molecule has 0 aliphatic carbocycles. The van der Waals surface area contributed by atoms with Gasteiger partial charge >= 0.3 is 0 Å². The average Bonchev–Trinajstić information content (AvgIpc) is 3.22. The molecule has 0 saturated carbocycles. The largest absolute Gasteiger partial charge is 0.353 e. The third kappa shape index (κ3) is 7.41. The fourth-order valence-electron chi connectivity index (χ4n) is 4.28. The topological polar surface area (TPSA) is 45.2 Å². The zero-order valence-corrected chi connectivity index (χ0v) is 21.2. The number of piperidine rings is 1. The molecule has 3 rings (SSSR count). The second-order valence-corrected chi connectivity index (χ2v) is 10.7. The van der Waals surface area contributed by atoms with E-state index in [2.05, 4.69) is 68.3 Å². The van der Waals surface area contributed by atoms with Crippen LogP contribution in [0.5, 0.6) is 0 Å². The Bertz CT molecular complexity index is 882. The van der Waals surface area contributed by atoms with Crippen molar-refractivity contribution in [1.82, 2.24) is 15.2 Å². The number of benzene rings is 1. The van der Waals surface area contributed by atoms with Crippen LogP contribution < -0.4 is 5.32 Å². The maximum atomic E-state index is 12.7. The number of carbonyl (C=O) groups is 1. The van der Waals surface area contributed by atoms with E-state index in [0.717, 1.165) is 29.9 Å². The molecule has 1 aliphatic rings. The fourth-order valence-corrected chi connectivity index (χ4v) is 5.30. The summed E-state index contributed by atoms with van der Waals surface area (Å²) in [7, 11) is 0. The quantitative estimate of drug-likeness (QED) is 0.404. The van der Waals surface area contributed by atoms with Crippen LogP contribution in [0.25, 0.3) is 10.2 Å². The van der Waals surface area contributed by atoms with Gasteiger partial charge in [0.2, 0.25) is 5.91 Å². The molecule has 1 aliphatic heterocycles. The summed E-state index contributed by atoms with van der Waals surface area (Å²) in [5.74, 6) is 1.12. The van der Waals surface area contributed by atoms with Gasteiger partial charge < -0.3 is 5.32 Å². The molecule has 0 spiro atoms. The Morgan fingerprint density at radius 1 is 1.19 bits per heavy atom. The number of nitrogens with one attached hydrogen (secondary N) is 1. The van der Waals surface area contributed by atoms with Crippen molar-refractivity contribution in [3.05, 3.63) is 40.9 Å². The molecule has 1 saturated heterocycles. The Hall–Kier alpha value is -1.72. The number of amides is 1. The molecule has 4 nitrogen and oxygen atoms in total. The highest BCUT2D eigenvalue weighted by Crippen LogP contribution is 2.27. The standard InChI is InChI=1S/C27H41N3OS/c1-5-21(4)23(11-7-10-18-30-16-8-6-9-17-30)28-26(31)14-15-27-29-24-13-12-22(20(2)3)19-25(24)32-27/h7,10,12-13,19-21,23H,5-6,8-9,11,14-18H2,1-4H3,(H,28,31)/b10-7+. The Morgan fingerprint density at radius 3 is 2.69 bits per heavy atom. The molecule has 2 heterocycles. The molecule has 0 radical (unpaired) electrons. The van der Waals surface area contributed by atoms with Crippen LogP contribution in [0.3, 0.4) is 0 Å². The predicted octanol–water partition coefficient (Wildman–Crippen LogP) is 6.32. The molecule has 1 amide bonds. The summed E-state index contributed by atoms with van der Waals surface area (Å²) < 4.78 is 1.22. The number of nitrogens with zero attached hydrogens (tertiary/aromatic N) is 2. The van der Waals surface area contributed by atoms with Gasteiger partial charge in [0.05, 0.1) is 15.2 Å². The lowest BCUT2D eigenvalue weighted by atomic mass is 9.96. The third-order valence-electron chi connectivity index (χ3n) is 6.74. The van der Waals surface area contributed by atoms with Crippen molar-refractivity contribution >= 4 is 27.5 Å². The SMILES string of the molecule is CCC(C)C(C/C=C/CN1CCCCC1)NC(=O)CCc1nc2ccc(C(C)C)cc2s1. The first-order valence-corrected chi connectivity index (χ1v) is 13.3. The smallest absolute Gasteiger partial charge is 0.220 e. The van der Waals surface area contributed by atoms with Gasteiger partial charge in [-0.15, -0.1) is 11.3 Å². The number of likely N-dealkylation sites (tertiary alicyclic amines) is 1. The summed E-state index contributed by atoms with van der Waals surface area (Å²) >= 11 is 1.72. The van der Waals surface area contributed by atoms with E-state index in [1.807, 2.05) is 0 Å². The molecule has 176 valence electrons. The van der Waals surface area contributed by atoms with Gasteiger partial charge in [0.1, 0.15) is 0 Å². The first-order chi connectivity index (χ1) is 15.5. The maximum Gasteiger partial charge on any atom is 0.220 e. The van der Waals surface area contributed by atoms with Gasteiger partial charge in [-0.2, -0.15) is 0 Å². The van der Waals surface area contributed by atoms with Crippen molar-refractivity contribution in [2.24, 2.45) is 5.92 Å². The van der Waals surface area contributed by atoms with Crippen molar-refractivity contribution in [2.45, 2.75) is 84.6 Å². The molecule has 2 unspecified atom stereocenters. The molecule has 32 heavy (non-hydrogen) atoms. The van der Waals surface area contributed by atoms with Crippen LogP contribution in [0.4, 0.5) is 0 Å². The number of aromatic nitrogens is 1. The number of rotatable bonds is 11. The number of hydrogen-bond acceptors (Lipinski definition) is 4. The molecule has 1 N–H and O–H groups in total. The summed E-state index contributed by atoms with van der Waals surface area (Å²) in [6.45, 7) is 12.4. The number of thiazole rings is 1. The molecule has 5 heteroatoms. The minimum atomic E-state index is 0.141. The van der Waals surface area contributed by atoms with Gasteiger partial charge in [0, 0.05) is 25.4 Å². The minimum absolute atomic E-state index is 0.141. The van der Waals surface area contributed by atoms with E-state index in [4.69, 9.17) is 4.98 Å². The molecule has 0 bridgehead atoms. The first kappa shape index (κ1) is 24.9. The molecule has 1 aromatic carbocycles. The van der Waals surface area contributed by atoms with E-state index in [-0.39, 0.29) is 11.9 Å².